The van der Waals surface area contributed by atoms with Crippen LogP contribution in [0.5, 0.6) is 0 Å². The third-order valence-corrected chi connectivity index (χ3v) is 8.15. The first-order chi connectivity index (χ1) is 21.6. The summed E-state index contributed by atoms with van der Waals surface area (Å²) in [5, 5.41) is 0. The lowest BCUT2D eigenvalue weighted by Crippen LogP contribution is -2.61. The minimum atomic E-state index is -0.940. The van der Waals surface area contributed by atoms with Crippen LogP contribution < -0.4 is 0 Å². The van der Waals surface area contributed by atoms with Gasteiger partial charge in [0.1, 0.15) is 17.6 Å². The van der Waals surface area contributed by atoms with Crippen molar-refractivity contribution in [1.29, 1.82) is 0 Å². The number of rotatable bonds is 13. The van der Waals surface area contributed by atoms with E-state index in [1.807, 2.05) is 79.7 Å². The molecule has 0 N–H and O–H groups in total. The molecule has 1 fully saturated rings. The first-order valence-corrected chi connectivity index (χ1v) is 15.7. The van der Waals surface area contributed by atoms with Crippen LogP contribution in [0.25, 0.3) is 0 Å². The Balaban J connectivity index is 1.46. The summed E-state index contributed by atoms with van der Waals surface area (Å²) in [6.45, 7) is 2.71. The van der Waals surface area contributed by atoms with Crippen LogP contribution in [0.3, 0.4) is 0 Å². The molecular formula is C36H36O7S. The van der Waals surface area contributed by atoms with Crippen molar-refractivity contribution < 1.29 is 33.3 Å². The number of carbonyl (C=O) groups is 2. The summed E-state index contributed by atoms with van der Waals surface area (Å²) in [5.41, 5.74) is 2.14. The van der Waals surface area contributed by atoms with Crippen LogP contribution in [-0.2, 0) is 36.9 Å². The number of esters is 2. The smallest absolute Gasteiger partial charge is 0.338 e. The van der Waals surface area contributed by atoms with Crippen molar-refractivity contribution in [2.75, 3.05) is 12.4 Å². The second kappa shape index (κ2) is 16.2. The van der Waals surface area contributed by atoms with Gasteiger partial charge in [-0.1, -0.05) is 104 Å². The van der Waals surface area contributed by atoms with Crippen LogP contribution in [0.15, 0.2) is 121 Å². The molecule has 0 unspecified atom stereocenters. The van der Waals surface area contributed by atoms with E-state index in [1.165, 1.54) is 11.8 Å². The standard InChI is InChI=1S/C36H36O7S/c1-2-44-36-33(43-35(38)29-21-13-6-14-22-29)32(40-24-27-17-9-4-10-18-27)31(42-34(37)28-19-11-5-12-20-28)30(41-36)25-39-23-26-15-7-3-8-16-26/h3-22,30-33,36H,2,23-25H2,1H3/t30-,31-,32+,33-,36+/m1/s1. The minimum absolute atomic E-state index is 0.132. The fraction of sp³-hybridized carbons (Fsp3) is 0.278. The molecule has 0 amide bonds. The predicted molar refractivity (Wildman–Crippen MR) is 169 cm³/mol. The molecule has 5 atom stereocenters. The van der Waals surface area contributed by atoms with Gasteiger partial charge < -0.3 is 23.7 Å². The normalized spacial score (nSPS) is 21.3. The SMILES string of the molecule is CCS[C@@H]1O[C@H](COCc2ccccc2)[C@@H](OC(=O)c2ccccc2)[C@H](OCc2ccccc2)[C@H]1OC(=O)c1ccccc1. The fourth-order valence-electron chi connectivity index (χ4n) is 4.93. The van der Waals surface area contributed by atoms with Gasteiger partial charge in [-0.05, 0) is 41.1 Å². The highest BCUT2D eigenvalue weighted by atomic mass is 32.2. The van der Waals surface area contributed by atoms with Crippen LogP contribution in [0.2, 0.25) is 0 Å². The third-order valence-electron chi connectivity index (χ3n) is 7.11. The zero-order chi connectivity index (χ0) is 30.6. The van der Waals surface area contributed by atoms with Crippen LogP contribution >= 0.6 is 11.8 Å². The Kier molecular flexibility index (Phi) is 11.6. The first kappa shape index (κ1) is 31.5. The van der Waals surface area contributed by atoms with Crippen molar-refractivity contribution >= 4 is 23.7 Å². The molecule has 7 nitrogen and oxygen atoms in total. The number of benzene rings is 4. The Hall–Kier alpha value is -3.95. The van der Waals surface area contributed by atoms with Gasteiger partial charge in [0.2, 0.25) is 0 Å². The van der Waals surface area contributed by atoms with Gasteiger partial charge in [0, 0.05) is 0 Å². The second-order valence-electron chi connectivity index (χ2n) is 10.2. The monoisotopic (exact) mass is 612 g/mol. The number of hydrogen-bond donors (Lipinski definition) is 0. The van der Waals surface area contributed by atoms with Gasteiger partial charge in [-0.15, -0.1) is 11.8 Å². The van der Waals surface area contributed by atoms with Gasteiger partial charge in [-0.25, -0.2) is 9.59 Å². The van der Waals surface area contributed by atoms with Crippen LogP contribution in [0.4, 0.5) is 0 Å². The Morgan fingerprint density at radius 3 is 1.64 bits per heavy atom. The number of thioether (sulfide) groups is 1. The average Bonchev–Trinajstić information content (AvgIpc) is 3.07. The summed E-state index contributed by atoms with van der Waals surface area (Å²) in [5.74, 6) is -0.349. The summed E-state index contributed by atoms with van der Waals surface area (Å²) in [4.78, 5) is 26.8. The molecule has 1 saturated heterocycles. The lowest BCUT2D eigenvalue weighted by molar-refractivity contribution is -0.227. The number of ether oxygens (including phenoxy) is 5. The van der Waals surface area contributed by atoms with Crippen molar-refractivity contribution in [1.82, 2.24) is 0 Å². The molecule has 4 aromatic rings. The molecule has 1 aliphatic heterocycles. The lowest BCUT2D eigenvalue weighted by atomic mass is 9.98. The van der Waals surface area contributed by atoms with E-state index < -0.39 is 41.8 Å². The van der Waals surface area contributed by atoms with Gasteiger partial charge >= 0.3 is 11.9 Å². The largest absolute Gasteiger partial charge is 0.453 e. The molecule has 0 aromatic heterocycles. The molecule has 1 aliphatic rings. The van der Waals surface area contributed by atoms with E-state index in [9.17, 15) is 9.59 Å². The Morgan fingerprint density at radius 2 is 1.11 bits per heavy atom. The Morgan fingerprint density at radius 1 is 0.636 bits per heavy atom. The van der Waals surface area contributed by atoms with Gasteiger partial charge in [0.05, 0.1) is 30.9 Å². The zero-order valence-corrected chi connectivity index (χ0v) is 25.3. The third kappa shape index (κ3) is 8.57. The van der Waals surface area contributed by atoms with Crippen molar-refractivity contribution in [3.63, 3.8) is 0 Å². The van der Waals surface area contributed by atoms with E-state index in [1.54, 1.807) is 48.5 Å². The van der Waals surface area contributed by atoms with Crippen molar-refractivity contribution in [3.05, 3.63) is 144 Å². The van der Waals surface area contributed by atoms with E-state index in [4.69, 9.17) is 23.7 Å². The molecular weight excluding hydrogens is 576 g/mol. The van der Waals surface area contributed by atoms with E-state index in [0.29, 0.717) is 23.5 Å². The maximum atomic E-state index is 13.4. The quantitative estimate of drug-likeness (QED) is 0.154. The molecule has 0 spiro atoms. The van der Waals surface area contributed by atoms with Gasteiger partial charge in [0.15, 0.2) is 12.2 Å². The van der Waals surface area contributed by atoms with Crippen molar-refractivity contribution in [2.24, 2.45) is 0 Å². The summed E-state index contributed by atoms with van der Waals surface area (Å²) in [6.07, 6.45) is -3.36. The highest BCUT2D eigenvalue weighted by molar-refractivity contribution is 7.99. The summed E-state index contributed by atoms with van der Waals surface area (Å²) in [7, 11) is 0. The van der Waals surface area contributed by atoms with E-state index in [0.717, 1.165) is 11.1 Å². The van der Waals surface area contributed by atoms with Crippen LogP contribution in [0.1, 0.15) is 38.8 Å². The van der Waals surface area contributed by atoms with Crippen molar-refractivity contribution in [3.8, 4) is 0 Å². The summed E-state index contributed by atoms with van der Waals surface area (Å²) < 4.78 is 31.5. The average molecular weight is 613 g/mol. The van der Waals surface area contributed by atoms with E-state index in [2.05, 4.69) is 0 Å². The number of hydrogen-bond acceptors (Lipinski definition) is 8. The van der Waals surface area contributed by atoms with E-state index in [-0.39, 0.29) is 13.2 Å². The first-order valence-electron chi connectivity index (χ1n) is 14.7. The van der Waals surface area contributed by atoms with E-state index >= 15 is 0 Å². The van der Waals surface area contributed by atoms with Crippen LogP contribution in [-0.4, -0.2) is 54.2 Å². The summed E-state index contributed by atoms with van der Waals surface area (Å²) >= 11 is 1.50. The highest BCUT2D eigenvalue weighted by Crippen LogP contribution is 2.35. The molecule has 4 aromatic carbocycles. The Bertz CT molecular complexity index is 1440. The predicted octanol–water partition coefficient (Wildman–Crippen LogP) is 6.72. The fourth-order valence-corrected chi connectivity index (χ4v) is 5.88. The van der Waals surface area contributed by atoms with Gasteiger partial charge in [-0.2, -0.15) is 0 Å². The molecule has 44 heavy (non-hydrogen) atoms. The second-order valence-corrected chi connectivity index (χ2v) is 11.6. The molecule has 0 aliphatic carbocycles. The molecule has 1 heterocycles. The molecule has 0 saturated carbocycles. The van der Waals surface area contributed by atoms with Gasteiger partial charge in [0.25, 0.3) is 0 Å². The molecule has 5 rings (SSSR count). The van der Waals surface area contributed by atoms with Gasteiger partial charge in [-0.3, -0.25) is 0 Å². The zero-order valence-electron chi connectivity index (χ0n) is 24.5. The lowest BCUT2D eigenvalue weighted by Gasteiger charge is -2.45. The molecule has 0 radical (unpaired) electrons. The highest BCUT2D eigenvalue weighted by Gasteiger charge is 2.51. The van der Waals surface area contributed by atoms with Crippen LogP contribution in [0, 0.1) is 0 Å². The molecule has 0 bridgehead atoms. The minimum Gasteiger partial charge on any atom is -0.453 e. The topological polar surface area (TPSA) is 80.3 Å². The van der Waals surface area contributed by atoms with Crippen molar-refractivity contribution in [2.45, 2.75) is 50.0 Å². The number of carbonyl (C=O) groups excluding carboxylic acids is 2. The molecule has 228 valence electrons. The Labute approximate surface area is 262 Å². The summed E-state index contributed by atoms with van der Waals surface area (Å²) in [6, 6.07) is 37.1. The maximum absolute atomic E-state index is 13.4. The maximum Gasteiger partial charge on any atom is 0.338 e. The molecule has 8 heteroatoms.